The first-order chi connectivity index (χ1) is 10.5. The molecule has 22 heavy (non-hydrogen) atoms. The molecule has 118 valence electrons. The number of nitrogens with one attached hydrogen (secondary N) is 3. The number of carbonyl (C=O) groups is 3. The van der Waals surface area contributed by atoms with Crippen LogP contribution in [0.5, 0.6) is 5.75 Å². The number of amides is 4. The molecule has 2 atom stereocenters. The third-order valence-electron chi connectivity index (χ3n) is 3.50. The van der Waals surface area contributed by atoms with Gasteiger partial charge in [0, 0.05) is 12.0 Å². The minimum atomic E-state index is -0.639. The van der Waals surface area contributed by atoms with Gasteiger partial charge in [-0.3, -0.25) is 14.9 Å². The van der Waals surface area contributed by atoms with E-state index in [2.05, 4.69) is 16.0 Å². The molecule has 1 heterocycles. The fourth-order valence-corrected chi connectivity index (χ4v) is 2.35. The van der Waals surface area contributed by atoms with Crippen LogP contribution in [0.4, 0.5) is 4.79 Å². The third kappa shape index (κ3) is 3.75. The average molecular weight is 305 g/mol. The Labute approximate surface area is 128 Å². The summed E-state index contributed by atoms with van der Waals surface area (Å²) in [5.74, 6) is 0.126. The zero-order valence-electron chi connectivity index (χ0n) is 12.5. The van der Waals surface area contributed by atoms with Gasteiger partial charge in [-0.2, -0.15) is 0 Å². The van der Waals surface area contributed by atoms with Crippen molar-refractivity contribution in [2.75, 3.05) is 7.11 Å². The second-order valence-electron chi connectivity index (χ2n) is 5.09. The molecule has 3 N–H and O–H groups in total. The molecular formula is C15H19N3O4. The molecule has 7 heteroatoms. The van der Waals surface area contributed by atoms with Crippen molar-refractivity contribution in [2.24, 2.45) is 0 Å². The Bertz CT molecular complexity index is 588. The van der Waals surface area contributed by atoms with Crippen molar-refractivity contribution in [1.82, 2.24) is 16.0 Å². The number of imide groups is 1. The highest BCUT2D eigenvalue weighted by atomic mass is 16.5. The van der Waals surface area contributed by atoms with Crippen LogP contribution in [0.2, 0.25) is 0 Å². The quantitative estimate of drug-likeness (QED) is 0.679. The van der Waals surface area contributed by atoms with Gasteiger partial charge in [-0.25, -0.2) is 4.79 Å². The number of carbonyl (C=O) groups excluding carboxylic acids is 3. The lowest BCUT2D eigenvalue weighted by Gasteiger charge is -2.17. The first-order valence-corrected chi connectivity index (χ1v) is 7.05. The smallest absolute Gasteiger partial charge is 0.322 e. The summed E-state index contributed by atoms with van der Waals surface area (Å²) < 4.78 is 5.26. The summed E-state index contributed by atoms with van der Waals surface area (Å²) in [6.45, 7) is 1.86. The summed E-state index contributed by atoms with van der Waals surface area (Å²) in [5, 5.41) is 7.46. The summed E-state index contributed by atoms with van der Waals surface area (Å²) in [4.78, 5) is 34.3. The zero-order chi connectivity index (χ0) is 16.1. The number of rotatable bonds is 6. The summed E-state index contributed by atoms with van der Waals surface area (Å²) in [6.07, 6.45) is 0.417. The molecule has 4 amide bonds. The van der Waals surface area contributed by atoms with Gasteiger partial charge in [0.2, 0.25) is 5.91 Å². The molecule has 1 fully saturated rings. The van der Waals surface area contributed by atoms with Crippen LogP contribution < -0.4 is 20.7 Å². The fraction of sp³-hybridized carbons (Fsp3) is 0.400. The highest BCUT2D eigenvalue weighted by Crippen LogP contribution is 2.24. The maximum Gasteiger partial charge on any atom is 0.322 e. The lowest BCUT2D eigenvalue weighted by molar-refractivity contribution is -0.122. The normalized spacial score (nSPS) is 18.4. The molecule has 1 saturated heterocycles. The molecular weight excluding hydrogens is 286 g/mol. The monoisotopic (exact) mass is 305 g/mol. The first kappa shape index (κ1) is 15.8. The van der Waals surface area contributed by atoms with Crippen molar-refractivity contribution in [3.8, 4) is 5.75 Å². The number of urea groups is 1. The van der Waals surface area contributed by atoms with E-state index in [9.17, 15) is 14.4 Å². The molecule has 0 aliphatic carbocycles. The Balaban J connectivity index is 1.86. The molecule has 0 unspecified atom stereocenters. The van der Waals surface area contributed by atoms with Crippen molar-refractivity contribution >= 4 is 17.8 Å². The second kappa shape index (κ2) is 6.93. The average Bonchev–Trinajstić information content (AvgIpc) is 2.82. The van der Waals surface area contributed by atoms with Crippen LogP contribution >= 0.6 is 0 Å². The van der Waals surface area contributed by atoms with Gasteiger partial charge in [-0.1, -0.05) is 18.2 Å². The molecule has 0 spiro atoms. The van der Waals surface area contributed by atoms with Crippen LogP contribution in [0.25, 0.3) is 0 Å². The number of methoxy groups -OCH3 is 1. The second-order valence-corrected chi connectivity index (χ2v) is 5.09. The van der Waals surface area contributed by atoms with E-state index < -0.39 is 18.0 Å². The molecule has 0 radical (unpaired) electrons. The van der Waals surface area contributed by atoms with Gasteiger partial charge in [-0.05, 0) is 19.4 Å². The number of hydrogen-bond donors (Lipinski definition) is 3. The van der Waals surface area contributed by atoms with Gasteiger partial charge in [-0.15, -0.1) is 0 Å². The van der Waals surface area contributed by atoms with E-state index in [1.807, 2.05) is 31.2 Å². The maximum atomic E-state index is 12.0. The van der Waals surface area contributed by atoms with Gasteiger partial charge in [0.15, 0.2) is 0 Å². The lowest BCUT2D eigenvalue weighted by Crippen LogP contribution is -2.32. The van der Waals surface area contributed by atoms with E-state index in [1.54, 1.807) is 7.11 Å². The predicted octanol–water partition coefficient (Wildman–Crippen LogP) is 0.861. The highest BCUT2D eigenvalue weighted by Gasteiger charge is 2.29. The van der Waals surface area contributed by atoms with Crippen molar-refractivity contribution in [1.29, 1.82) is 0 Å². The standard InChI is InChI=1S/C15H19N3O4/c1-9(10-5-3-4-6-12(10)22-2)16-13(19)8-7-11-14(20)18-15(21)17-11/h3-6,9,11H,7-8H2,1-2H3,(H,16,19)(H2,17,18,20,21)/t9-,11-/m0/s1. The van der Waals surface area contributed by atoms with Gasteiger partial charge in [0.1, 0.15) is 11.8 Å². The van der Waals surface area contributed by atoms with Gasteiger partial charge in [0.25, 0.3) is 5.91 Å². The van der Waals surface area contributed by atoms with Crippen LogP contribution in [-0.2, 0) is 9.59 Å². The van der Waals surface area contributed by atoms with E-state index >= 15 is 0 Å². The topological polar surface area (TPSA) is 96.5 Å². The zero-order valence-corrected chi connectivity index (χ0v) is 12.5. The maximum absolute atomic E-state index is 12.0. The van der Waals surface area contributed by atoms with Crippen LogP contribution in [0.1, 0.15) is 31.4 Å². The molecule has 0 aromatic heterocycles. The minimum Gasteiger partial charge on any atom is -0.496 e. The summed E-state index contributed by atoms with van der Waals surface area (Å²) in [6, 6.07) is 6.08. The van der Waals surface area contributed by atoms with E-state index in [0.29, 0.717) is 5.75 Å². The van der Waals surface area contributed by atoms with Gasteiger partial charge >= 0.3 is 6.03 Å². The Kier molecular flexibility index (Phi) is 4.98. The van der Waals surface area contributed by atoms with Crippen LogP contribution in [-0.4, -0.2) is 31.0 Å². The van der Waals surface area contributed by atoms with Gasteiger partial charge in [0.05, 0.1) is 13.2 Å². The van der Waals surface area contributed by atoms with Crippen LogP contribution in [0, 0.1) is 0 Å². The molecule has 2 rings (SSSR count). The van der Waals surface area contributed by atoms with Crippen molar-refractivity contribution < 1.29 is 19.1 Å². The van der Waals surface area contributed by atoms with E-state index in [0.717, 1.165) is 5.56 Å². The molecule has 0 bridgehead atoms. The van der Waals surface area contributed by atoms with Gasteiger partial charge < -0.3 is 15.4 Å². The Morgan fingerprint density at radius 3 is 2.73 bits per heavy atom. The summed E-state index contributed by atoms with van der Waals surface area (Å²) in [7, 11) is 1.58. The van der Waals surface area contributed by atoms with Crippen LogP contribution in [0.15, 0.2) is 24.3 Å². The lowest BCUT2D eigenvalue weighted by atomic mass is 10.1. The molecule has 1 aliphatic heterocycles. The van der Waals surface area contributed by atoms with Crippen LogP contribution in [0.3, 0.4) is 0 Å². The summed E-state index contributed by atoms with van der Waals surface area (Å²) in [5.41, 5.74) is 0.880. The third-order valence-corrected chi connectivity index (χ3v) is 3.50. The Morgan fingerprint density at radius 1 is 1.36 bits per heavy atom. The molecule has 1 aliphatic rings. The summed E-state index contributed by atoms with van der Waals surface area (Å²) >= 11 is 0. The number of benzene rings is 1. The highest BCUT2D eigenvalue weighted by molar-refractivity contribution is 6.04. The van der Waals surface area contributed by atoms with E-state index in [4.69, 9.17) is 4.74 Å². The predicted molar refractivity (Wildman–Crippen MR) is 79.2 cm³/mol. The minimum absolute atomic E-state index is 0.151. The Morgan fingerprint density at radius 2 is 2.09 bits per heavy atom. The number of para-hydroxylation sites is 1. The number of ether oxygens (including phenoxy) is 1. The first-order valence-electron chi connectivity index (χ1n) is 7.05. The molecule has 1 aromatic rings. The molecule has 0 saturated carbocycles. The molecule has 7 nitrogen and oxygen atoms in total. The van der Waals surface area contributed by atoms with Crippen molar-refractivity contribution in [2.45, 2.75) is 31.8 Å². The SMILES string of the molecule is COc1ccccc1[C@H](C)NC(=O)CC[C@@H]1NC(=O)NC1=O. The fourth-order valence-electron chi connectivity index (χ4n) is 2.35. The number of hydrogen-bond acceptors (Lipinski definition) is 4. The van der Waals surface area contributed by atoms with Crippen molar-refractivity contribution in [3.05, 3.63) is 29.8 Å². The largest absolute Gasteiger partial charge is 0.496 e. The Hall–Kier alpha value is -2.57. The van der Waals surface area contributed by atoms with E-state index in [1.165, 1.54) is 0 Å². The van der Waals surface area contributed by atoms with Crippen molar-refractivity contribution in [3.63, 3.8) is 0 Å². The molecule has 1 aromatic carbocycles. The van der Waals surface area contributed by atoms with E-state index in [-0.39, 0.29) is 24.8 Å².